The van der Waals surface area contributed by atoms with E-state index in [0.717, 1.165) is 10.0 Å². The van der Waals surface area contributed by atoms with Gasteiger partial charge in [0.1, 0.15) is 0 Å². The summed E-state index contributed by atoms with van der Waals surface area (Å²) in [5.74, 6) is -0.148. The van der Waals surface area contributed by atoms with E-state index in [4.69, 9.17) is 11.6 Å². The van der Waals surface area contributed by atoms with E-state index < -0.39 is 10.0 Å². The number of hydrogen-bond donors (Lipinski definition) is 1. The summed E-state index contributed by atoms with van der Waals surface area (Å²) in [6.07, 6.45) is 0. The number of carbonyl (C=O) groups is 1. The molecule has 0 bridgehead atoms. The molecule has 1 N–H and O–H groups in total. The van der Waals surface area contributed by atoms with E-state index in [1.165, 1.54) is 45.6 Å². The highest BCUT2D eigenvalue weighted by Crippen LogP contribution is 2.30. The van der Waals surface area contributed by atoms with Crippen molar-refractivity contribution < 1.29 is 13.2 Å². The molecule has 0 atom stereocenters. The molecule has 2 aromatic carbocycles. The van der Waals surface area contributed by atoms with Gasteiger partial charge in [-0.2, -0.15) is 0 Å². The minimum atomic E-state index is -3.82. The fourth-order valence-corrected chi connectivity index (χ4v) is 6.00. The third-order valence-electron chi connectivity index (χ3n) is 4.06. The molecule has 0 fully saturated rings. The summed E-state index contributed by atoms with van der Waals surface area (Å²) in [6.45, 7) is 3.92. The monoisotopic (exact) mass is 481 g/mol. The molecule has 0 saturated heterocycles. The summed E-state index contributed by atoms with van der Waals surface area (Å²) in [6, 6.07) is 13.1. The van der Waals surface area contributed by atoms with Crippen molar-refractivity contribution in [1.29, 1.82) is 0 Å². The van der Waals surface area contributed by atoms with Crippen LogP contribution in [0.4, 0.5) is 11.4 Å². The molecule has 30 heavy (non-hydrogen) atoms. The topological polar surface area (TPSA) is 79.4 Å². The van der Waals surface area contributed by atoms with E-state index in [-0.39, 0.29) is 33.8 Å². The lowest BCUT2D eigenvalue weighted by Crippen LogP contribution is -2.30. The molecule has 0 saturated carbocycles. The first-order chi connectivity index (χ1) is 14.3. The van der Waals surface area contributed by atoms with Gasteiger partial charge in [0.25, 0.3) is 10.0 Å². The smallest absolute Gasteiger partial charge is 0.264 e. The summed E-state index contributed by atoms with van der Waals surface area (Å²) in [5.41, 5.74) is 1.72. The van der Waals surface area contributed by atoms with Gasteiger partial charge in [-0.3, -0.25) is 9.10 Å². The number of hydrogen-bond acceptors (Lipinski definition) is 6. The van der Waals surface area contributed by atoms with E-state index in [1.54, 1.807) is 31.2 Å². The second kappa shape index (κ2) is 9.82. The number of thioether (sulfide) groups is 1. The molecule has 1 amide bonds. The lowest BCUT2D eigenvalue weighted by molar-refractivity contribution is -0.113. The van der Waals surface area contributed by atoms with E-state index >= 15 is 0 Å². The number of sulfonamides is 1. The summed E-state index contributed by atoms with van der Waals surface area (Å²) in [4.78, 5) is 16.7. The molecule has 3 rings (SSSR count). The largest absolute Gasteiger partial charge is 0.324 e. The molecule has 0 radical (unpaired) electrons. The molecule has 6 nitrogen and oxygen atoms in total. The van der Waals surface area contributed by atoms with Gasteiger partial charge in [-0.15, -0.1) is 11.3 Å². The molecule has 0 aliphatic heterocycles. The van der Waals surface area contributed by atoms with E-state index in [9.17, 15) is 13.2 Å². The van der Waals surface area contributed by atoms with Gasteiger partial charge in [0.2, 0.25) is 5.91 Å². The van der Waals surface area contributed by atoms with E-state index in [0.29, 0.717) is 5.69 Å². The number of nitrogens with one attached hydrogen (secondary N) is 1. The summed E-state index contributed by atoms with van der Waals surface area (Å²) < 4.78 is 28.5. The first-order valence-corrected chi connectivity index (χ1v) is 12.7. The van der Waals surface area contributed by atoms with Gasteiger partial charge in [0, 0.05) is 17.6 Å². The van der Waals surface area contributed by atoms with Gasteiger partial charge in [-0.1, -0.05) is 41.6 Å². The van der Waals surface area contributed by atoms with Gasteiger partial charge in [-0.25, -0.2) is 13.4 Å². The third kappa shape index (κ3) is 5.34. The van der Waals surface area contributed by atoms with E-state index in [2.05, 4.69) is 10.3 Å². The van der Waals surface area contributed by atoms with E-state index in [1.807, 2.05) is 18.4 Å². The lowest BCUT2D eigenvalue weighted by atomic mass is 10.3. The Kier molecular flexibility index (Phi) is 7.41. The van der Waals surface area contributed by atoms with Crippen molar-refractivity contribution in [3.05, 3.63) is 64.6 Å². The van der Waals surface area contributed by atoms with Crippen molar-refractivity contribution in [1.82, 2.24) is 4.98 Å². The van der Waals surface area contributed by atoms with Gasteiger partial charge in [0.05, 0.1) is 27.0 Å². The first-order valence-electron chi connectivity index (χ1n) is 9.03. The number of rotatable bonds is 8. The Hall–Kier alpha value is -2.07. The summed E-state index contributed by atoms with van der Waals surface area (Å²) >= 11 is 8.99. The molecule has 0 spiro atoms. The number of amides is 1. The molecular formula is C20H20ClN3O3S3. The van der Waals surface area contributed by atoms with Gasteiger partial charge < -0.3 is 5.32 Å². The maximum Gasteiger partial charge on any atom is 0.264 e. The molecule has 1 aromatic heterocycles. The molecular weight excluding hydrogens is 462 g/mol. The minimum Gasteiger partial charge on any atom is -0.324 e. The van der Waals surface area contributed by atoms with Crippen molar-refractivity contribution in [3.8, 4) is 0 Å². The Bertz CT molecular complexity index is 1130. The second-order valence-corrected chi connectivity index (χ2v) is 10.6. The zero-order chi connectivity index (χ0) is 21.7. The molecule has 1 heterocycles. The second-order valence-electron chi connectivity index (χ2n) is 6.24. The Morgan fingerprint density at radius 2 is 1.97 bits per heavy atom. The Labute approximate surface area is 189 Å². The van der Waals surface area contributed by atoms with Crippen LogP contribution in [0.2, 0.25) is 5.02 Å². The average Bonchev–Trinajstić information content (AvgIpc) is 3.14. The third-order valence-corrected chi connectivity index (χ3v) is 8.42. The molecule has 3 aromatic rings. The zero-order valence-corrected chi connectivity index (χ0v) is 19.5. The summed E-state index contributed by atoms with van der Waals surface area (Å²) in [5, 5.41) is 4.88. The highest BCUT2D eigenvalue weighted by molar-refractivity contribution is 8.01. The number of anilines is 2. The zero-order valence-electron chi connectivity index (χ0n) is 16.3. The standard InChI is InChI=1S/C20H20ClN3O3S3/c1-3-24(15-7-5-4-6-8-15)30(26,27)16-9-10-17(21)18(11-16)23-19(25)13-29-20-22-14(2)12-28-20/h4-12H,3,13H2,1-2H3,(H,23,25). The fraction of sp³-hybridized carbons (Fsp3) is 0.200. The van der Waals surface area contributed by atoms with Crippen LogP contribution >= 0.6 is 34.7 Å². The van der Waals surface area contributed by atoms with Gasteiger partial charge >= 0.3 is 0 Å². The average molecular weight is 482 g/mol. The number of nitrogens with zero attached hydrogens (tertiary/aromatic N) is 2. The number of para-hydroxylation sites is 1. The fourth-order valence-electron chi connectivity index (χ4n) is 2.69. The van der Waals surface area contributed by atoms with Crippen molar-refractivity contribution in [2.24, 2.45) is 0 Å². The maximum atomic E-state index is 13.2. The van der Waals surface area contributed by atoms with Crippen molar-refractivity contribution in [3.63, 3.8) is 0 Å². The molecule has 0 unspecified atom stereocenters. The molecule has 158 valence electrons. The van der Waals surface area contributed by atoms with Crippen LogP contribution in [0.5, 0.6) is 0 Å². The predicted molar refractivity (Wildman–Crippen MR) is 124 cm³/mol. The van der Waals surface area contributed by atoms with Crippen LogP contribution in [0.3, 0.4) is 0 Å². The van der Waals surface area contributed by atoms with Crippen LogP contribution in [-0.2, 0) is 14.8 Å². The molecule has 0 aliphatic rings. The number of halogens is 1. The SMILES string of the molecule is CCN(c1ccccc1)S(=O)(=O)c1ccc(Cl)c(NC(=O)CSc2nc(C)cs2)c1. The van der Waals surface area contributed by atoms with Gasteiger partial charge in [-0.05, 0) is 44.2 Å². The number of carbonyl (C=O) groups excluding carboxylic acids is 1. The highest BCUT2D eigenvalue weighted by atomic mass is 35.5. The van der Waals surface area contributed by atoms with Crippen LogP contribution in [0.1, 0.15) is 12.6 Å². The summed E-state index contributed by atoms with van der Waals surface area (Å²) in [7, 11) is -3.82. The quantitative estimate of drug-likeness (QED) is 0.455. The number of aryl methyl sites for hydroxylation is 1. The van der Waals surface area contributed by atoms with Crippen LogP contribution in [0.25, 0.3) is 0 Å². The highest BCUT2D eigenvalue weighted by Gasteiger charge is 2.24. The van der Waals surface area contributed by atoms with Crippen molar-refractivity contribution in [2.75, 3.05) is 21.9 Å². The number of benzene rings is 2. The predicted octanol–water partition coefficient (Wildman–Crippen LogP) is 5.05. The molecule has 0 aliphatic carbocycles. The Balaban J connectivity index is 1.79. The van der Waals surface area contributed by atoms with Crippen LogP contribution < -0.4 is 9.62 Å². The first kappa shape index (κ1) is 22.6. The maximum absolute atomic E-state index is 13.2. The lowest BCUT2D eigenvalue weighted by Gasteiger charge is -2.23. The Morgan fingerprint density at radius 1 is 1.23 bits per heavy atom. The van der Waals surface area contributed by atoms with Crippen LogP contribution in [0.15, 0.2) is 63.1 Å². The minimum absolute atomic E-state index is 0.0519. The van der Waals surface area contributed by atoms with Crippen molar-refractivity contribution in [2.45, 2.75) is 23.1 Å². The van der Waals surface area contributed by atoms with Crippen LogP contribution in [0, 0.1) is 6.92 Å². The number of aromatic nitrogens is 1. The normalized spacial score (nSPS) is 11.3. The Morgan fingerprint density at radius 3 is 2.60 bits per heavy atom. The molecule has 10 heteroatoms. The van der Waals surface area contributed by atoms with Crippen molar-refractivity contribution >= 4 is 62.0 Å². The van der Waals surface area contributed by atoms with Gasteiger partial charge in [0.15, 0.2) is 4.34 Å². The van der Waals surface area contributed by atoms with Crippen LogP contribution in [-0.4, -0.2) is 31.6 Å². The number of thiazole rings is 1.